The number of hydrogen-bond acceptors (Lipinski definition) is 5. The maximum atomic E-state index is 5.60. The number of rotatable bonds is 1. The highest BCUT2D eigenvalue weighted by Crippen LogP contribution is 2.18. The second kappa shape index (κ2) is 3.51. The van der Waals surface area contributed by atoms with Crippen molar-refractivity contribution in [2.45, 2.75) is 6.92 Å². The highest BCUT2D eigenvalue weighted by atomic mass is 15.1. The van der Waals surface area contributed by atoms with E-state index in [0.717, 1.165) is 16.7 Å². The standard InChI is InChI=1S/C11H10N6/c1-6-2-3-7(17-16-6)11-14-8-4-10(12)13-5-9(8)15-11/h2-5H,1H3,(H2,12,13)(H,14,15). The number of aryl methyl sites for hydroxylation is 1. The van der Waals surface area contributed by atoms with Gasteiger partial charge in [0.1, 0.15) is 11.5 Å². The highest BCUT2D eigenvalue weighted by molar-refractivity contribution is 5.79. The normalized spacial score (nSPS) is 10.9. The van der Waals surface area contributed by atoms with Crippen LogP contribution >= 0.6 is 0 Å². The summed E-state index contributed by atoms with van der Waals surface area (Å²) in [5.41, 5.74) is 8.77. The molecule has 0 atom stereocenters. The lowest BCUT2D eigenvalue weighted by atomic mass is 10.3. The minimum atomic E-state index is 0.450. The lowest BCUT2D eigenvalue weighted by molar-refractivity contribution is 0.977. The van der Waals surface area contributed by atoms with E-state index in [1.54, 1.807) is 12.3 Å². The Morgan fingerprint density at radius 3 is 2.88 bits per heavy atom. The van der Waals surface area contributed by atoms with E-state index in [-0.39, 0.29) is 0 Å². The monoisotopic (exact) mass is 226 g/mol. The van der Waals surface area contributed by atoms with Crippen molar-refractivity contribution >= 4 is 16.9 Å². The maximum absolute atomic E-state index is 5.60. The average molecular weight is 226 g/mol. The Balaban J connectivity index is 2.14. The topological polar surface area (TPSA) is 93.4 Å². The molecule has 84 valence electrons. The smallest absolute Gasteiger partial charge is 0.159 e. The lowest BCUT2D eigenvalue weighted by Crippen LogP contribution is -1.90. The summed E-state index contributed by atoms with van der Waals surface area (Å²) in [4.78, 5) is 11.5. The Bertz CT molecular complexity index is 670. The van der Waals surface area contributed by atoms with Gasteiger partial charge in [0.15, 0.2) is 5.82 Å². The molecule has 3 aromatic heterocycles. The van der Waals surface area contributed by atoms with E-state index in [9.17, 15) is 0 Å². The van der Waals surface area contributed by atoms with Crippen LogP contribution in [-0.4, -0.2) is 25.1 Å². The van der Waals surface area contributed by atoms with Gasteiger partial charge in [0.2, 0.25) is 0 Å². The molecule has 0 aromatic carbocycles. The Morgan fingerprint density at radius 2 is 2.12 bits per heavy atom. The predicted molar refractivity (Wildman–Crippen MR) is 64.1 cm³/mol. The molecule has 0 bridgehead atoms. The van der Waals surface area contributed by atoms with Crippen molar-refractivity contribution in [3.05, 3.63) is 30.1 Å². The van der Waals surface area contributed by atoms with Crippen molar-refractivity contribution in [2.24, 2.45) is 0 Å². The average Bonchev–Trinajstić information content (AvgIpc) is 2.72. The number of pyridine rings is 1. The molecule has 6 heteroatoms. The quantitative estimate of drug-likeness (QED) is 0.652. The van der Waals surface area contributed by atoms with Gasteiger partial charge in [0, 0.05) is 6.07 Å². The number of hydrogen-bond donors (Lipinski definition) is 2. The number of nitrogens with zero attached hydrogens (tertiary/aromatic N) is 4. The fraction of sp³-hybridized carbons (Fsp3) is 0.0909. The predicted octanol–water partition coefficient (Wildman–Crippen LogP) is 1.31. The van der Waals surface area contributed by atoms with E-state index in [1.807, 2.05) is 19.1 Å². The number of imidazole rings is 1. The number of nitrogens with one attached hydrogen (secondary N) is 1. The van der Waals surface area contributed by atoms with E-state index < -0.39 is 0 Å². The summed E-state index contributed by atoms with van der Waals surface area (Å²) >= 11 is 0. The molecule has 0 saturated heterocycles. The molecule has 3 rings (SSSR count). The number of aromatic nitrogens is 5. The molecule has 3 aromatic rings. The molecule has 0 amide bonds. The molecule has 0 fully saturated rings. The van der Waals surface area contributed by atoms with E-state index >= 15 is 0 Å². The molecule has 6 nitrogen and oxygen atoms in total. The zero-order valence-electron chi connectivity index (χ0n) is 9.18. The van der Waals surface area contributed by atoms with E-state index in [0.29, 0.717) is 17.3 Å². The van der Waals surface area contributed by atoms with Gasteiger partial charge in [-0.1, -0.05) is 0 Å². The van der Waals surface area contributed by atoms with Crippen LogP contribution in [0.2, 0.25) is 0 Å². The summed E-state index contributed by atoms with van der Waals surface area (Å²) in [5.74, 6) is 1.12. The first kappa shape index (κ1) is 9.71. The van der Waals surface area contributed by atoms with Crippen LogP contribution in [0.25, 0.3) is 22.6 Å². The summed E-state index contributed by atoms with van der Waals surface area (Å²) in [5, 5.41) is 8.06. The van der Waals surface area contributed by atoms with Crippen LogP contribution in [0, 0.1) is 6.92 Å². The van der Waals surface area contributed by atoms with Gasteiger partial charge >= 0.3 is 0 Å². The van der Waals surface area contributed by atoms with E-state index in [1.165, 1.54) is 0 Å². The number of nitrogens with two attached hydrogens (primary N) is 1. The summed E-state index contributed by atoms with van der Waals surface area (Å²) in [7, 11) is 0. The number of H-pyrrole nitrogens is 1. The van der Waals surface area contributed by atoms with Crippen molar-refractivity contribution in [2.75, 3.05) is 5.73 Å². The van der Waals surface area contributed by atoms with Gasteiger partial charge in [-0.3, -0.25) is 0 Å². The molecule has 0 saturated carbocycles. The molecule has 0 aliphatic rings. The van der Waals surface area contributed by atoms with Crippen molar-refractivity contribution in [1.29, 1.82) is 0 Å². The summed E-state index contributed by atoms with van der Waals surface area (Å²) < 4.78 is 0. The lowest BCUT2D eigenvalue weighted by Gasteiger charge is -1.94. The molecule has 0 unspecified atom stereocenters. The van der Waals surface area contributed by atoms with Crippen LogP contribution in [0.1, 0.15) is 5.69 Å². The van der Waals surface area contributed by atoms with Gasteiger partial charge in [0.05, 0.1) is 22.9 Å². The Labute approximate surface area is 96.9 Å². The van der Waals surface area contributed by atoms with Crippen LogP contribution in [0.3, 0.4) is 0 Å². The summed E-state index contributed by atoms with van der Waals surface area (Å²) in [6, 6.07) is 5.48. The van der Waals surface area contributed by atoms with Crippen LogP contribution < -0.4 is 5.73 Å². The fourth-order valence-corrected chi connectivity index (χ4v) is 1.57. The Hall–Kier alpha value is -2.50. The summed E-state index contributed by atoms with van der Waals surface area (Å²) in [6.07, 6.45) is 1.66. The third-order valence-electron chi connectivity index (χ3n) is 2.43. The third kappa shape index (κ3) is 1.69. The largest absolute Gasteiger partial charge is 0.384 e. The molecular formula is C11H10N6. The molecular weight excluding hydrogens is 216 g/mol. The van der Waals surface area contributed by atoms with Gasteiger partial charge in [0.25, 0.3) is 0 Å². The minimum absolute atomic E-state index is 0.450. The minimum Gasteiger partial charge on any atom is -0.384 e. The maximum Gasteiger partial charge on any atom is 0.159 e. The van der Waals surface area contributed by atoms with Crippen LogP contribution in [0.4, 0.5) is 5.82 Å². The molecule has 0 radical (unpaired) electrons. The Kier molecular flexibility index (Phi) is 2.01. The van der Waals surface area contributed by atoms with Gasteiger partial charge < -0.3 is 10.7 Å². The van der Waals surface area contributed by atoms with E-state index in [4.69, 9.17) is 5.73 Å². The zero-order chi connectivity index (χ0) is 11.8. The first-order chi connectivity index (χ1) is 8.22. The SMILES string of the molecule is Cc1ccc(-c2nc3cc(N)ncc3[nH]2)nn1. The zero-order valence-corrected chi connectivity index (χ0v) is 9.18. The highest BCUT2D eigenvalue weighted by Gasteiger charge is 2.07. The molecule has 0 spiro atoms. The van der Waals surface area contributed by atoms with Gasteiger partial charge in [-0.2, -0.15) is 5.10 Å². The molecule has 0 aliphatic carbocycles. The van der Waals surface area contributed by atoms with E-state index in [2.05, 4.69) is 25.1 Å². The second-order valence-corrected chi connectivity index (χ2v) is 3.77. The van der Waals surface area contributed by atoms with Gasteiger partial charge in [-0.25, -0.2) is 9.97 Å². The first-order valence-electron chi connectivity index (χ1n) is 5.14. The van der Waals surface area contributed by atoms with Crippen molar-refractivity contribution < 1.29 is 0 Å². The summed E-state index contributed by atoms with van der Waals surface area (Å²) in [6.45, 7) is 1.89. The number of nitrogen functional groups attached to an aromatic ring is 1. The fourth-order valence-electron chi connectivity index (χ4n) is 1.57. The van der Waals surface area contributed by atoms with Gasteiger partial charge in [-0.05, 0) is 19.1 Å². The molecule has 17 heavy (non-hydrogen) atoms. The number of anilines is 1. The number of aromatic amines is 1. The van der Waals surface area contributed by atoms with Crippen LogP contribution in [0.15, 0.2) is 24.4 Å². The van der Waals surface area contributed by atoms with Crippen molar-refractivity contribution in [3.63, 3.8) is 0 Å². The molecule has 0 aliphatic heterocycles. The van der Waals surface area contributed by atoms with Crippen molar-refractivity contribution in [3.8, 4) is 11.5 Å². The first-order valence-corrected chi connectivity index (χ1v) is 5.14. The van der Waals surface area contributed by atoms with Crippen LogP contribution in [0.5, 0.6) is 0 Å². The Morgan fingerprint density at radius 1 is 1.24 bits per heavy atom. The van der Waals surface area contributed by atoms with Gasteiger partial charge in [-0.15, -0.1) is 5.10 Å². The van der Waals surface area contributed by atoms with Crippen molar-refractivity contribution in [1.82, 2.24) is 25.1 Å². The molecule has 3 N–H and O–H groups in total. The molecule has 3 heterocycles. The third-order valence-corrected chi connectivity index (χ3v) is 2.43. The second-order valence-electron chi connectivity index (χ2n) is 3.77. The number of fused-ring (bicyclic) bond motifs is 1. The van der Waals surface area contributed by atoms with Crippen LogP contribution in [-0.2, 0) is 0 Å².